The molecule has 8 amide bonds. The van der Waals surface area contributed by atoms with Crippen molar-refractivity contribution < 1.29 is 103 Å². The van der Waals surface area contributed by atoms with E-state index in [2.05, 4.69) is 61.8 Å². The predicted octanol–water partition coefficient (Wildman–Crippen LogP) is -6.36. The van der Waals surface area contributed by atoms with Crippen LogP contribution >= 0.6 is 42.6 Å². The molecule has 6 rings (SSSR count). The molecule has 25 N–H and O–H groups in total. The molecule has 540 valence electrons. The number of primary amides is 3. The lowest BCUT2D eigenvalue weighted by atomic mass is 9.96. The fourth-order valence-corrected chi connectivity index (χ4v) is 12.6. The lowest BCUT2D eigenvalue weighted by Gasteiger charge is -2.47. The average Bonchev–Trinajstić information content (AvgIpc) is 0.868. The molecule has 4 aromatic rings. The normalized spacial score (nSPS) is 24.2. The fourth-order valence-electron chi connectivity index (χ4n) is 9.85. The summed E-state index contributed by atoms with van der Waals surface area (Å²) in [6, 6.07) is -7.87. The molecule has 0 unspecified atom stereocenters. The Kier molecular flexibility index (Phi) is 29.0. The van der Waals surface area contributed by atoms with E-state index in [0.29, 0.717) is 28.7 Å². The molecule has 0 radical (unpaired) electrons. The van der Waals surface area contributed by atoms with E-state index in [1.165, 1.54) is 50.4 Å². The van der Waals surface area contributed by atoms with Crippen molar-refractivity contribution in [3.05, 3.63) is 56.8 Å². The number of halogens is 1. The number of aliphatic hydroxyl groups is 8. The highest BCUT2D eigenvalue weighted by Crippen LogP contribution is 2.45. The Bertz CT molecular complexity index is 3340. The molecular formula is C55H84ClN17O21S3. The number of aliphatic hydroxyl groups excluding tert-OH is 8. The van der Waals surface area contributed by atoms with Crippen molar-refractivity contribution in [2.45, 2.75) is 157 Å². The monoisotopic (exact) mass is 1450 g/mol. The minimum Gasteiger partial charge on any atom is -0.441 e. The Hall–Kier alpha value is -7.01. The molecule has 0 saturated carbocycles. The number of anilines is 1. The first kappa shape index (κ1) is 79.0. The number of H-pyrrole nitrogens is 1. The Morgan fingerprint density at radius 3 is 2.09 bits per heavy atom. The number of aromatic amines is 1. The fraction of sp³-hybridized carbons (Fsp3) is 0.618. The Morgan fingerprint density at radius 1 is 0.794 bits per heavy atom. The summed E-state index contributed by atoms with van der Waals surface area (Å²) >= 11 is 2.49. The number of carbonyl (C=O) groups excluding carboxylic acids is 8. The minimum atomic E-state index is -2.20. The first-order valence-corrected chi connectivity index (χ1v) is 35.2. The summed E-state index contributed by atoms with van der Waals surface area (Å²) < 4.78 is 28.7. The first-order chi connectivity index (χ1) is 45.6. The number of nitrogens with zero attached hydrogens (tertiary/aromatic N) is 5. The summed E-state index contributed by atoms with van der Waals surface area (Å²) in [4.78, 5) is 131. The van der Waals surface area contributed by atoms with E-state index in [0.717, 1.165) is 18.3 Å². The molecule has 0 spiro atoms. The number of hydrogen-bond acceptors (Lipinski definition) is 31. The third kappa shape index (κ3) is 21.5. The van der Waals surface area contributed by atoms with Crippen LogP contribution in [0.5, 0.6) is 0 Å². The molecule has 4 aromatic heterocycles. The van der Waals surface area contributed by atoms with E-state index in [1.54, 1.807) is 10.8 Å². The third-order valence-electron chi connectivity index (χ3n) is 15.4. The highest BCUT2D eigenvalue weighted by atomic mass is 35.7. The largest absolute Gasteiger partial charge is 0.441 e. The Labute approximate surface area is 568 Å². The number of nitrogens with two attached hydrogens (primary N) is 5. The number of amides is 8. The van der Waals surface area contributed by atoms with E-state index in [4.69, 9.17) is 63.0 Å². The van der Waals surface area contributed by atoms with Gasteiger partial charge in [0.2, 0.25) is 29.5 Å². The van der Waals surface area contributed by atoms with E-state index >= 15 is 4.79 Å². The van der Waals surface area contributed by atoms with Gasteiger partial charge in [-0.25, -0.2) is 29.7 Å². The topological polar surface area (TPSA) is 627 Å². The summed E-state index contributed by atoms with van der Waals surface area (Å²) in [5, 5.41) is 108. The van der Waals surface area contributed by atoms with Crippen molar-refractivity contribution in [2.24, 2.45) is 28.9 Å². The van der Waals surface area contributed by atoms with Crippen LogP contribution in [0.25, 0.3) is 10.7 Å². The molecule has 19 atom stereocenters. The van der Waals surface area contributed by atoms with Gasteiger partial charge in [0, 0.05) is 48.8 Å². The van der Waals surface area contributed by atoms with Crippen molar-refractivity contribution in [1.29, 1.82) is 0 Å². The third-order valence-corrected chi connectivity index (χ3v) is 18.9. The number of nitrogen functional groups attached to an aromatic ring is 1. The molecule has 38 nitrogen and oxygen atoms in total. The van der Waals surface area contributed by atoms with Crippen LogP contribution in [0.2, 0.25) is 0 Å². The number of ether oxygens (including phenoxy) is 5. The average molecular weight is 1450 g/mol. The highest BCUT2D eigenvalue weighted by Gasteiger charge is 2.54. The number of nitrogens with one attached hydrogen (secondary N) is 7. The van der Waals surface area contributed by atoms with E-state index in [9.17, 15) is 74.4 Å². The number of thiazole rings is 2. The quantitative estimate of drug-likeness (QED) is 0.0191. The zero-order valence-electron chi connectivity index (χ0n) is 53.3. The van der Waals surface area contributed by atoms with Crippen molar-refractivity contribution in [3.8, 4) is 10.7 Å². The molecule has 97 heavy (non-hydrogen) atoms. The molecule has 2 aliphatic rings. The zero-order chi connectivity index (χ0) is 71.9. The number of hydrogen-bond donors (Lipinski definition) is 20. The second-order valence-corrected chi connectivity index (χ2v) is 30.8. The Morgan fingerprint density at radius 2 is 1.47 bits per heavy atom. The molecular weight excluding hydrogens is 1370 g/mol. The van der Waals surface area contributed by atoms with Crippen molar-refractivity contribution in [1.82, 2.24) is 61.8 Å². The summed E-state index contributed by atoms with van der Waals surface area (Å²) in [5.41, 5.74) is 28.0. The van der Waals surface area contributed by atoms with Crippen LogP contribution in [0.1, 0.15) is 88.8 Å². The van der Waals surface area contributed by atoms with Gasteiger partial charge in [-0.15, -0.1) is 22.7 Å². The van der Waals surface area contributed by atoms with Crippen LogP contribution < -0.4 is 60.6 Å². The molecule has 2 fully saturated rings. The van der Waals surface area contributed by atoms with Gasteiger partial charge in [-0.3, -0.25) is 33.6 Å². The lowest BCUT2D eigenvalue weighted by molar-refractivity contribution is -0.372. The molecule has 6 heterocycles. The minimum absolute atomic E-state index is 0.0150. The molecule has 0 bridgehead atoms. The smallest absolute Gasteiger partial charge is 0.404 e. The van der Waals surface area contributed by atoms with Gasteiger partial charge in [-0.1, -0.05) is 17.6 Å². The standard InChI is InChI=1S/C55H84ClN17O21S3/c1-20-33(70-46(73-44(20)59)25(12-31(58)77)65-13-24(57)45(60)83)50(87)72-35(41(26-14-62-19-66-26)92-54-43(39(81)37(79)29(15-74)91-54)93-53-40(82)42(94-55(61)89)38(80)30(16-75)90-53)51(88)67-22(3)36(78)21(2)47(84)71-34(23(4)76)49(86)64-10-8-32-68-28(18-95-32)52-69-27(17-96-52)48(85)63-9-7-11-97(5,6)56/h14,17-19,21-25,29-30,34-43,53-54,65,74-76,78-82H,7-13,15-16,57H2,1-6H3,(H2,58,77)(H2,60,83)(H2,61,89)(H,62,66)(H,63,85)(H,64,86)(H,67,88)(H,71,84)(H,72,87)(H2,59,70,73)/t21-,22+,23+,24-,25-,29-,30+,34-,35-,36-,37+,38+,39-,40-,41-,42-,43-,53+,54-/m0/s1. The highest BCUT2D eigenvalue weighted by molar-refractivity contribution is 8.50. The van der Waals surface area contributed by atoms with Crippen LogP contribution in [0.3, 0.4) is 0 Å². The van der Waals surface area contributed by atoms with Crippen LogP contribution in [-0.2, 0) is 54.1 Å². The molecule has 0 aliphatic carbocycles. The summed E-state index contributed by atoms with van der Waals surface area (Å²) in [7, 11) is 5.10. The van der Waals surface area contributed by atoms with Gasteiger partial charge in [0.05, 0.1) is 72.7 Å². The van der Waals surface area contributed by atoms with Gasteiger partial charge in [-0.2, -0.15) is 9.24 Å². The molecule has 42 heteroatoms. The van der Waals surface area contributed by atoms with Gasteiger partial charge in [0.25, 0.3) is 11.8 Å². The van der Waals surface area contributed by atoms with Crippen molar-refractivity contribution in [2.75, 3.05) is 56.8 Å². The van der Waals surface area contributed by atoms with Crippen LogP contribution in [0, 0.1) is 12.8 Å². The van der Waals surface area contributed by atoms with Gasteiger partial charge >= 0.3 is 6.09 Å². The second-order valence-electron chi connectivity index (χ2n) is 23.2. The number of carbonyl (C=O) groups is 8. The Balaban J connectivity index is 1.25. The SMILES string of the molecule is Cc1c(N)nc([C@H](CC(N)=O)NC[C@H](N)C(N)=O)nc1C(=O)N[C@H](C(=O)N[C@H](C)[C@@H](O)[C@H](C)C(=O)N[C@H](C(=O)NCCc1nc(-c2nc(C(=O)NCCCS(C)(C)Cl)cs2)cs1)[C@@H](C)O)[C@@H](O[C@@H]1O[C@@H](CO)[C@@H](O)[C@H](O)[C@@H]1O[C@H]1O[C@H](CO)[C@@H](O)[C@H](OC(N)=O)[C@@H]1O)c1cnc[nH]1. The van der Waals surface area contributed by atoms with E-state index < -0.39 is 192 Å². The van der Waals surface area contributed by atoms with Gasteiger partial charge in [0.1, 0.15) is 94.6 Å². The van der Waals surface area contributed by atoms with E-state index in [-0.39, 0.29) is 54.0 Å². The van der Waals surface area contributed by atoms with Crippen LogP contribution in [-0.4, -0.2) is 267 Å². The maximum absolute atomic E-state index is 15.2. The maximum atomic E-state index is 15.2. The van der Waals surface area contributed by atoms with Gasteiger partial charge in [-0.05, 0) is 45.5 Å². The van der Waals surface area contributed by atoms with Crippen molar-refractivity contribution in [3.63, 3.8) is 0 Å². The number of imidazole rings is 1. The second kappa shape index (κ2) is 35.7. The summed E-state index contributed by atoms with van der Waals surface area (Å²) in [6.07, 6.45) is -20.5. The molecule has 0 aromatic carbocycles. The van der Waals surface area contributed by atoms with E-state index in [1.807, 2.05) is 12.5 Å². The number of rotatable bonds is 35. The van der Waals surface area contributed by atoms with Crippen LogP contribution in [0.15, 0.2) is 23.3 Å². The zero-order valence-corrected chi connectivity index (χ0v) is 56.5. The maximum Gasteiger partial charge on any atom is 0.404 e. The summed E-state index contributed by atoms with van der Waals surface area (Å²) in [6.45, 7) is 3.06. The summed E-state index contributed by atoms with van der Waals surface area (Å²) in [5.74, 6) is -7.98. The van der Waals surface area contributed by atoms with Crippen molar-refractivity contribution >= 4 is 95.9 Å². The number of aromatic nitrogens is 6. The van der Waals surface area contributed by atoms with Gasteiger partial charge < -0.3 is 130 Å². The molecule has 2 aliphatic heterocycles. The predicted molar refractivity (Wildman–Crippen MR) is 345 cm³/mol. The van der Waals surface area contributed by atoms with Gasteiger partial charge in [0.15, 0.2) is 18.7 Å². The molecule has 2 saturated heterocycles. The first-order valence-electron chi connectivity index (χ1n) is 30.0. The lowest BCUT2D eigenvalue weighted by Crippen LogP contribution is -2.65. The van der Waals surface area contributed by atoms with Crippen LogP contribution in [0.4, 0.5) is 10.6 Å².